The van der Waals surface area contributed by atoms with Crippen molar-refractivity contribution < 1.29 is 14.3 Å². The fourth-order valence-electron chi connectivity index (χ4n) is 2.58. The smallest absolute Gasteiger partial charge is 0.261 e. The van der Waals surface area contributed by atoms with E-state index in [9.17, 15) is 4.79 Å². The van der Waals surface area contributed by atoms with Crippen LogP contribution in [0.1, 0.15) is 37.4 Å². The molecule has 24 heavy (non-hydrogen) atoms. The van der Waals surface area contributed by atoms with Gasteiger partial charge in [0.1, 0.15) is 11.5 Å². The second kappa shape index (κ2) is 8.39. The molecule has 0 aliphatic heterocycles. The highest BCUT2D eigenvalue weighted by atomic mass is 16.5. The Balaban J connectivity index is 2.06. The van der Waals surface area contributed by atoms with E-state index < -0.39 is 6.10 Å². The molecule has 2 rings (SSSR count). The summed E-state index contributed by atoms with van der Waals surface area (Å²) in [4.78, 5) is 12.6. The van der Waals surface area contributed by atoms with Crippen molar-refractivity contribution >= 4 is 5.91 Å². The number of amides is 1. The fourth-order valence-corrected chi connectivity index (χ4v) is 2.58. The van der Waals surface area contributed by atoms with E-state index in [2.05, 4.69) is 5.32 Å². The van der Waals surface area contributed by atoms with Crippen molar-refractivity contribution in [1.82, 2.24) is 5.32 Å². The summed E-state index contributed by atoms with van der Waals surface area (Å²) in [6.07, 6.45) is 0.0715. The average Bonchev–Trinajstić information content (AvgIpc) is 2.59. The molecule has 4 nitrogen and oxygen atoms in total. The molecule has 0 fully saturated rings. The van der Waals surface area contributed by atoms with Gasteiger partial charge in [0.05, 0.1) is 13.2 Å². The second-order valence-corrected chi connectivity index (χ2v) is 5.80. The normalized spacial score (nSPS) is 13.0. The molecular formula is C20H25NO3. The third-order valence-electron chi connectivity index (χ3n) is 3.90. The van der Waals surface area contributed by atoms with Crippen molar-refractivity contribution in [3.63, 3.8) is 0 Å². The van der Waals surface area contributed by atoms with Gasteiger partial charge < -0.3 is 14.8 Å². The number of ether oxygens (including phenoxy) is 2. The third-order valence-corrected chi connectivity index (χ3v) is 3.90. The summed E-state index contributed by atoms with van der Waals surface area (Å²) in [5.41, 5.74) is 2.05. The van der Waals surface area contributed by atoms with Crippen molar-refractivity contribution in [2.45, 2.75) is 39.3 Å². The maximum absolute atomic E-state index is 12.6. The van der Waals surface area contributed by atoms with Gasteiger partial charge in [-0.2, -0.15) is 0 Å². The number of benzene rings is 2. The number of rotatable bonds is 7. The minimum atomic E-state index is -0.524. The van der Waals surface area contributed by atoms with E-state index in [1.807, 2.05) is 69.3 Å². The molecule has 0 unspecified atom stereocenters. The van der Waals surface area contributed by atoms with Gasteiger partial charge in [0.15, 0.2) is 6.10 Å². The molecule has 1 amide bonds. The molecule has 2 aromatic carbocycles. The lowest BCUT2D eigenvalue weighted by molar-refractivity contribution is -0.128. The highest BCUT2D eigenvalue weighted by molar-refractivity contribution is 5.81. The first kappa shape index (κ1) is 17.9. The number of aryl methyl sites for hydroxylation is 1. The van der Waals surface area contributed by atoms with Crippen molar-refractivity contribution in [2.24, 2.45) is 0 Å². The highest BCUT2D eigenvalue weighted by Crippen LogP contribution is 2.24. The summed E-state index contributed by atoms with van der Waals surface area (Å²) in [5.74, 6) is 1.34. The largest absolute Gasteiger partial charge is 0.496 e. The second-order valence-electron chi connectivity index (χ2n) is 5.80. The van der Waals surface area contributed by atoms with Crippen LogP contribution in [0.5, 0.6) is 11.5 Å². The first-order valence-corrected chi connectivity index (χ1v) is 8.21. The molecule has 0 spiro atoms. The molecule has 128 valence electrons. The van der Waals surface area contributed by atoms with E-state index in [0.717, 1.165) is 16.9 Å². The Hall–Kier alpha value is -2.49. The molecule has 0 aromatic heterocycles. The molecule has 0 saturated heterocycles. The maximum Gasteiger partial charge on any atom is 0.261 e. The molecule has 2 atom stereocenters. The van der Waals surface area contributed by atoms with Gasteiger partial charge in [-0.1, -0.05) is 37.3 Å². The lowest BCUT2D eigenvalue weighted by Crippen LogP contribution is -2.39. The zero-order valence-corrected chi connectivity index (χ0v) is 14.7. The van der Waals surface area contributed by atoms with Crippen molar-refractivity contribution in [1.29, 1.82) is 0 Å². The molecule has 0 aliphatic rings. The quantitative estimate of drug-likeness (QED) is 0.835. The van der Waals surface area contributed by atoms with Gasteiger partial charge >= 0.3 is 0 Å². The lowest BCUT2D eigenvalue weighted by atomic mass is 10.1. The van der Waals surface area contributed by atoms with Crippen LogP contribution in [-0.4, -0.2) is 19.1 Å². The molecule has 1 N–H and O–H groups in total. The summed E-state index contributed by atoms with van der Waals surface area (Å²) >= 11 is 0. The van der Waals surface area contributed by atoms with Crippen molar-refractivity contribution in [2.75, 3.05) is 7.11 Å². The zero-order valence-electron chi connectivity index (χ0n) is 14.7. The first-order valence-electron chi connectivity index (χ1n) is 8.21. The standard InChI is InChI=1S/C20H25NO3/c1-5-18(24-16-10-8-9-14(2)13-16)20(22)21-15(3)17-11-6-7-12-19(17)23-4/h6-13,15,18H,5H2,1-4H3,(H,21,22)/t15-,18-/m1/s1. The van der Waals surface area contributed by atoms with Crippen LogP contribution in [-0.2, 0) is 4.79 Å². The van der Waals surface area contributed by atoms with Gasteiger partial charge in [0, 0.05) is 5.56 Å². The molecule has 2 aromatic rings. The van der Waals surface area contributed by atoms with Gasteiger partial charge in [-0.3, -0.25) is 4.79 Å². The molecule has 0 heterocycles. The fraction of sp³-hybridized carbons (Fsp3) is 0.350. The topological polar surface area (TPSA) is 47.6 Å². The molecule has 0 aliphatic carbocycles. The van der Waals surface area contributed by atoms with Gasteiger partial charge in [-0.05, 0) is 44.0 Å². The number of hydrogen-bond acceptors (Lipinski definition) is 3. The van der Waals surface area contributed by atoms with E-state index in [-0.39, 0.29) is 11.9 Å². The van der Waals surface area contributed by atoms with Crippen LogP contribution in [0.2, 0.25) is 0 Å². The Kier molecular flexibility index (Phi) is 6.24. The summed E-state index contributed by atoms with van der Waals surface area (Å²) in [5, 5.41) is 3.01. The van der Waals surface area contributed by atoms with Crippen molar-refractivity contribution in [3.05, 3.63) is 59.7 Å². The van der Waals surface area contributed by atoms with Crippen LogP contribution in [0.4, 0.5) is 0 Å². The SMILES string of the molecule is CC[C@@H](Oc1cccc(C)c1)C(=O)N[C@H](C)c1ccccc1OC. The Bertz CT molecular complexity index is 684. The van der Waals surface area contributed by atoms with Crippen LogP contribution >= 0.6 is 0 Å². The van der Waals surface area contributed by atoms with Gasteiger partial charge in [0.25, 0.3) is 5.91 Å². The summed E-state index contributed by atoms with van der Waals surface area (Å²) < 4.78 is 11.2. The van der Waals surface area contributed by atoms with Crippen molar-refractivity contribution in [3.8, 4) is 11.5 Å². The minimum absolute atomic E-state index is 0.127. The third kappa shape index (κ3) is 4.51. The summed E-state index contributed by atoms with van der Waals surface area (Å²) in [6, 6.07) is 15.2. The molecule has 4 heteroatoms. The number of carbonyl (C=O) groups is 1. The lowest BCUT2D eigenvalue weighted by Gasteiger charge is -2.22. The van der Waals surface area contributed by atoms with Gasteiger partial charge in [-0.25, -0.2) is 0 Å². The summed E-state index contributed by atoms with van der Waals surface area (Å²) in [6.45, 7) is 5.88. The predicted octanol–water partition coefficient (Wildman–Crippen LogP) is 4.04. The zero-order chi connectivity index (χ0) is 17.5. The predicted molar refractivity (Wildman–Crippen MR) is 95.4 cm³/mol. The Morgan fingerprint density at radius 3 is 2.58 bits per heavy atom. The molecule has 0 saturated carbocycles. The van der Waals surface area contributed by atoms with E-state index in [1.54, 1.807) is 7.11 Å². The van der Waals surface area contributed by atoms with Gasteiger partial charge in [0.2, 0.25) is 0 Å². The van der Waals surface area contributed by atoms with E-state index in [4.69, 9.17) is 9.47 Å². The van der Waals surface area contributed by atoms with Crippen LogP contribution in [0.25, 0.3) is 0 Å². The average molecular weight is 327 g/mol. The van der Waals surface area contributed by atoms with E-state index in [0.29, 0.717) is 12.2 Å². The number of methoxy groups -OCH3 is 1. The maximum atomic E-state index is 12.6. The first-order chi connectivity index (χ1) is 11.5. The Morgan fingerprint density at radius 2 is 1.92 bits per heavy atom. The minimum Gasteiger partial charge on any atom is -0.496 e. The van der Waals surface area contributed by atoms with Crippen LogP contribution in [0.3, 0.4) is 0 Å². The molecule has 0 bridgehead atoms. The summed E-state index contributed by atoms with van der Waals surface area (Å²) in [7, 11) is 1.63. The number of carbonyl (C=O) groups excluding carboxylic acids is 1. The number of hydrogen-bond donors (Lipinski definition) is 1. The van der Waals surface area contributed by atoms with E-state index in [1.165, 1.54) is 0 Å². The Morgan fingerprint density at radius 1 is 1.17 bits per heavy atom. The number of nitrogens with one attached hydrogen (secondary N) is 1. The molecule has 0 radical (unpaired) electrons. The van der Waals surface area contributed by atoms with Gasteiger partial charge in [-0.15, -0.1) is 0 Å². The van der Waals surface area contributed by atoms with E-state index >= 15 is 0 Å². The molecular weight excluding hydrogens is 302 g/mol. The van der Waals surface area contributed by atoms with Crippen LogP contribution in [0.15, 0.2) is 48.5 Å². The van der Waals surface area contributed by atoms with Crippen LogP contribution in [0, 0.1) is 6.92 Å². The number of para-hydroxylation sites is 1. The monoisotopic (exact) mass is 327 g/mol. The highest BCUT2D eigenvalue weighted by Gasteiger charge is 2.22. The van der Waals surface area contributed by atoms with Crippen LogP contribution < -0.4 is 14.8 Å². The Labute approximate surface area is 143 Å².